The second-order valence-corrected chi connectivity index (χ2v) is 10.7. The maximum atomic E-state index is 12.8. The molecule has 3 atom stereocenters. The van der Waals surface area contributed by atoms with Crippen molar-refractivity contribution in [1.82, 2.24) is 4.72 Å². The van der Waals surface area contributed by atoms with Crippen LogP contribution in [-0.2, 0) is 24.9 Å². The average Bonchev–Trinajstić information content (AvgIpc) is 3.16. The topological polar surface area (TPSA) is 64.6 Å². The van der Waals surface area contributed by atoms with E-state index >= 15 is 0 Å². The van der Waals surface area contributed by atoms with Gasteiger partial charge in [0.05, 0.1) is 12.1 Å². The lowest BCUT2D eigenvalue weighted by atomic mass is 9.70. The number of nitrogens with one attached hydrogen (secondary N) is 1. The molecule has 5 nitrogen and oxygen atoms in total. The summed E-state index contributed by atoms with van der Waals surface area (Å²) >= 11 is 1.34. The standard InChI is InChI=1S/C17H27NO4S2/c1-5-21-13-11-12(17(13)9-6-10-22-17)18-24(19,20)15-8-7-14(23-15)16(2,3)4/h7-8,12-13,18H,5-6,9-11H2,1-4H3. The second kappa shape index (κ2) is 6.36. The van der Waals surface area contributed by atoms with Gasteiger partial charge in [-0.3, -0.25) is 0 Å². The summed E-state index contributed by atoms with van der Waals surface area (Å²) in [6.45, 7) is 9.51. The molecule has 1 N–H and O–H groups in total. The summed E-state index contributed by atoms with van der Waals surface area (Å²) in [4.78, 5) is 1.07. The Morgan fingerprint density at radius 3 is 2.71 bits per heavy atom. The fourth-order valence-corrected chi connectivity index (χ4v) is 6.24. The number of rotatable bonds is 5. The van der Waals surface area contributed by atoms with Gasteiger partial charge >= 0.3 is 0 Å². The van der Waals surface area contributed by atoms with Crippen molar-refractivity contribution in [2.24, 2.45) is 0 Å². The second-order valence-electron chi connectivity index (χ2n) is 7.63. The first-order chi connectivity index (χ1) is 11.2. The molecule has 1 aliphatic carbocycles. The van der Waals surface area contributed by atoms with Crippen molar-refractivity contribution in [1.29, 1.82) is 0 Å². The molecule has 3 rings (SSSR count). The van der Waals surface area contributed by atoms with E-state index in [0.29, 0.717) is 23.8 Å². The van der Waals surface area contributed by atoms with Gasteiger partial charge in [0.25, 0.3) is 0 Å². The Balaban J connectivity index is 1.76. The molecule has 3 unspecified atom stereocenters. The summed E-state index contributed by atoms with van der Waals surface area (Å²) in [5, 5.41) is 0. The predicted molar refractivity (Wildman–Crippen MR) is 95.1 cm³/mol. The lowest BCUT2D eigenvalue weighted by Gasteiger charge is -2.52. The average molecular weight is 374 g/mol. The number of sulfonamides is 1. The Kier molecular flexibility index (Phi) is 4.85. The molecule has 2 heterocycles. The minimum absolute atomic E-state index is 0.00817. The van der Waals surface area contributed by atoms with Gasteiger partial charge in [0, 0.05) is 18.1 Å². The fraction of sp³-hybridized carbons (Fsp3) is 0.765. The highest BCUT2D eigenvalue weighted by molar-refractivity contribution is 7.91. The van der Waals surface area contributed by atoms with Crippen molar-refractivity contribution in [3.8, 4) is 0 Å². The van der Waals surface area contributed by atoms with Crippen LogP contribution in [0.2, 0.25) is 0 Å². The van der Waals surface area contributed by atoms with Gasteiger partial charge < -0.3 is 9.47 Å². The summed E-state index contributed by atoms with van der Waals surface area (Å²) in [5.41, 5.74) is -0.530. The van der Waals surface area contributed by atoms with Crippen LogP contribution in [0.25, 0.3) is 0 Å². The Morgan fingerprint density at radius 2 is 2.17 bits per heavy atom. The molecule has 1 spiro atoms. The third kappa shape index (κ3) is 3.17. The summed E-state index contributed by atoms with van der Waals surface area (Å²) in [6, 6.07) is 3.40. The van der Waals surface area contributed by atoms with E-state index in [1.54, 1.807) is 6.07 Å². The van der Waals surface area contributed by atoms with Gasteiger partial charge in [-0.15, -0.1) is 11.3 Å². The first kappa shape index (κ1) is 18.3. The zero-order chi connectivity index (χ0) is 17.6. The maximum Gasteiger partial charge on any atom is 0.250 e. The normalized spacial score (nSPS) is 30.7. The molecule has 2 aliphatic rings. The van der Waals surface area contributed by atoms with Crippen LogP contribution in [0.4, 0.5) is 0 Å². The minimum Gasteiger partial charge on any atom is -0.375 e. The molecular formula is C17H27NO4S2. The van der Waals surface area contributed by atoms with E-state index in [9.17, 15) is 8.42 Å². The quantitative estimate of drug-likeness (QED) is 0.861. The van der Waals surface area contributed by atoms with Gasteiger partial charge in [0.15, 0.2) is 0 Å². The van der Waals surface area contributed by atoms with Crippen LogP contribution in [0.1, 0.15) is 51.8 Å². The summed E-state index contributed by atoms with van der Waals surface area (Å²) < 4.78 is 40.5. The lowest BCUT2D eigenvalue weighted by Crippen LogP contribution is -2.69. The van der Waals surface area contributed by atoms with Crippen molar-refractivity contribution in [3.05, 3.63) is 17.0 Å². The van der Waals surface area contributed by atoms with E-state index < -0.39 is 15.6 Å². The molecule has 136 valence electrons. The highest BCUT2D eigenvalue weighted by Crippen LogP contribution is 2.46. The molecule has 1 aromatic heterocycles. The van der Waals surface area contributed by atoms with Gasteiger partial charge in [-0.2, -0.15) is 0 Å². The first-order valence-electron chi connectivity index (χ1n) is 8.57. The Hall–Kier alpha value is -0.470. The van der Waals surface area contributed by atoms with Crippen molar-refractivity contribution in [2.75, 3.05) is 13.2 Å². The van der Waals surface area contributed by atoms with Gasteiger partial charge in [-0.05, 0) is 43.7 Å². The van der Waals surface area contributed by atoms with Crippen LogP contribution in [0.3, 0.4) is 0 Å². The molecule has 1 saturated carbocycles. The van der Waals surface area contributed by atoms with E-state index in [1.165, 1.54) is 11.3 Å². The van der Waals surface area contributed by atoms with E-state index in [0.717, 1.165) is 17.7 Å². The Labute approximate surface area is 148 Å². The largest absolute Gasteiger partial charge is 0.375 e. The van der Waals surface area contributed by atoms with E-state index in [4.69, 9.17) is 9.47 Å². The number of hydrogen-bond donors (Lipinski definition) is 1. The summed E-state index contributed by atoms with van der Waals surface area (Å²) in [6.07, 6.45) is 2.47. The van der Waals surface area contributed by atoms with Gasteiger partial charge in [0.2, 0.25) is 10.0 Å². The fourth-order valence-electron chi connectivity index (χ4n) is 3.56. The highest BCUT2D eigenvalue weighted by Gasteiger charge is 2.59. The van der Waals surface area contributed by atoms with E-state index in [2.05, 4.69) is 25.5 Å². The third-order valence-corrected chi connectivity index (χ3v) is 8.39. The molecule has 7 heteroatoms. The lowest BCUT2D eigenvalue weighted by molar-refractivity contribution is -0.193. The molecule has 1 aliphatic heterocycles. The molecular weight excluding hydrogens is 346 g/mol. The molecule has 0 aromatic carbocycles. The van der Waals surface area contributed by atoms with Gasteiger partial charge in [-0.25, -0.2) is 13.1 Å². The van der Waals surface area contributed by atoms with Crippen LogP contribution in [-0.4, -0.2) is 39.4 Å². The van der Waals surface area contributed by atoms with Crippen LogP contribution in [0.5, 0.6) is 0 Å². The molecule has 2 fully saturated rings. The maximum absolute atomic E-state index is 12.8. The molecule has 24 heavy (non-hydrogen) atoms. The van der Waals surface area contributed by atoms with Crippen LogP contribution in [0, 0.1) is 0 Å². The zero-order valence-electron chi connectivity index (χ0n) is 14.8. The highest BCUT2D eigenvalue weighted by atomic mass is 32.2. The summed E-state index contributed by atoms with van der Waals surface area (Å²) in [5.74, 6) is 0. The number of hydrogen-bond acceptors (Lipinski definition) is 5. The summed E-state index contributed by atoms with van der Waals surface area (Å²) in [7, 11) is -3.53. The van der Waals surface area contributed by atoms with Crippen LogP contribution >= 0.6 is 11.3 Å². The van der Waals surface area contributed by atoms with Gasteiger partial charge in [0.1, 0.15) is 9.81 Å². The third-order valence-electron chi connectivity index (χ3n) is 4.92. The van der Waals surface area contributed by atoms with Crippen molar-refractivity contribution in [2.45, 2.75) is 74.3 Å². The first-order valence-corrected chi connectivity index (χ1v) is 10.9. The SMILES string of the molecule is CCOC1CC(NS(=O)(=O)c2ccc(C(C)(C)C)s2)C12CCCO2. The van der Waals surface area contributed by atoms with Crippen molar-refractivity contribution in [3.63, 3.8) is 0 Å². The Bertz CT molecular complexity index is 684. The van der Waals surface area contributed by atoms with Crippen LogP contribution < -0.4 is 4.72 Å². The predicted octanol–water partition coefficient (Wildman–Crippen LogP) is 3.05. The van der Waals surface area contributed by atoms with Gasteiger partial charge in [-0.1, -0.05) is 20.8 Å². The van der Waals surface area contributed by atoms with Crippen LogP contribution in [0.15, 0.2) is 16.3 Å². The van der Waals surface area contributed by atoms with Crippen molar-refractivity contribution < 1.29 is 17.9 Å². The smallest absolute Gasteiger partial charge is 0.250 e. The number of ether oxygens (including phenoxy) is 2. The zero-order valence-corrected chi connectivity index (χ0v) is 16.4. The van der Waals surface area contributed by atoms with Crippen molar-refractivity contribution >= 4 is 21.4 Å². The molecule has 0 amide bonds. The molecule has 1 aromatic rings. The monoisotopic (exact) mass is 373 g/mol. The minimum atomic E-state index is -3.53. The Morgan fingerprint density at radius 1 is 1.42 bits per heavy atom. The molecule has 1 saturated heterocycles. The van der Waals surface area contributed by atoms with E-state index in [-0.39, 0.29) is 17.6 Å². The molecule has 0 bridgehead atoms. The number of thiophene rings is 1. The van der Waals surface area contributed by atoms with E-state index in [1.807, 2.05) is 13.0 Å². The molecule has 0 radical (unpaired) electrons.